The van der Waals surface area contributed by atoms with Gasteiger partial charge < -0.3 is 20.5 Å². The van der Waals surface area contributed by atoms with Crippen LogP contribution >= 0.6 is 0 Å². The van der Waals surface area contributed by atoms with Crippen LogP contribution in [0.25, 0.3) is 11.1 Å². The van der Waals surface area contributed by atoms with Crippen LogP contribution in [0.4, 0.5) is 14.9 Å². The first-order valence-corrected chi connectivity index (χ1v) is 10.3. The molecule has 0 saturated heterocycles. The number of fused-ring (bicyclic) bond motifs is 3. The maximum Gasteiger partial charge on any atom is 0.407 e. The molecule has 1 aliphatic carbocycles. The summed E-state index contributed by atoms with van der Waals surface area (Å²) in [5.74, 6) is -2.89. The van der Waals surface area contributed by atoms with Crippen molar-refractivity contribution in [2.45, 2.75) is 18.9 Å². The lowest BCUT2D eigenvalue weighted by molar-refractivity contribution is -0.117. The van der Waals surface area contributed by atoms with Crippen molar-refractivity contribution in [2.24, 2.45) is 0 Å². The Bertz CT molecular complexity index is 1200. The number of carboxylic acids is 1. The van der Waals surface area contributed by atoms with Crippen molar-refractivity contribution in [2.75, 3.05) is 11.9 Å². The van der Waals surface area contributed by atoms with Gasteiger partial charge in [0.05, 0.1) is 5.56 Å². The number of rotatable bonds is 6. The van der Waals surface area contributed by atoms with Crippen LogP contribution in [0.3, 0.4) is 0 Å². The highest BCUT2D eigenvalue weighted by atomic mass is 19.1. The number of hydrogen-bond acceptors (Lipinski definition) is 4. The second kappa shape index (κ2) is 9.12. The molecule has 0 unspecified atom stereocenters. The quantitative estimate of drug-likeness (QED) is 0.519. The average molecular weight is 448 g/mol. The standard InChI is InChI=1S/C25H21FN2O5/c1-14(23(29)28-17-11-15(24(30)31)10-16(26)12-17)27-25(32)33-13-22-20-8-4-2-6-18(20)19-7-3-5-9-21(19)22/h2-12,14,22H,13H2,1H3,(H,27,32)(H,28,29)(H,30,31)/t14-/m0/s1. The molecule has 3 aromatic rings. The number of nitrogens with one attached hydrogen (secondary N) is 2. The van der Waals surface area contributed by atoms with Gasteiger partial charge in [0.2, 0.25) is 5.91 Å². The van der Waals surface area contributed by atoms with Gasteiger partial charge in [0.25, 0.3) is 0 Å². The lowest BCUT2D eigenvalue weighted by Crippen LogP contribution is -2.42. The summed E-state index contributed by atoms with van der Waals surface area (Å²) >= 11 is 0. The summed E-state index contributed by atoms with van der Waals surface area (Å²) < 4.78 is 19.0. The zero-order valence-corrected chi connectivity index (χ0v) is 17.7. The molecule has 0 radical (unpaired) electrons. The van der Waals surface area contributed by atoms with E-state index in [-0.39, 0.29) is 23.8 Å². The van der Waals surface area contributed by atoms with Crippen molar-refractivity contribution < 1.29 is 28.6 Å². The van der Waals surface area contributed by atoms with Crippen molar-refractivity contribution in [3.05, 3.63) is 89.2 Å². The van der Waals surface area contributed by atoms with Gasteiger partial charge >= 0.3 is 12.1 Å². The van der Waals surface area contributed by atoms with E-state index in [0.717, 1.165) is 40.5 Å². The fourth-order valence-corrected chi connectivity index (χ4v) is 3.92. The molecule has 0 bridgehead atoms. The van der Waals surface area contributed by atoms with E-state index in [9.17, 15) is 18.8 Å². The first-order chi connectivity index (χ1) is 15.8. The average Bonchev–Trinajstić information content (AvgIpc) is 3.11. The number of hydrogen-bond donors (Lipinski definition) is 3. The molecule has 1 atom stereocenters. The molecule has 0 spiro atoms. The van der Waals surface area contributed by atoms with Crippen LogP contribution < -0.4 is 10.6 Å². The highest BCUT2D eigenvalue weighted by Crippen LogP contribution is 2.44. The maximum atomic E-state index is 13.6. The molecule has 2 amide bonds. The maximum absolute atomic E-state index is 13.6. The molecule has 0 aliphatic heterocycles. The summed E-state index contributed by atoms with van der Waals surface area (Å²) in [7, 11) is 0. The smallest absolute Gasteiger partial charge is 0.407 e. The van der Waals surface area contributed by atoms with E-state index < -0.39 is 29.8 Å². The Morgan fingerprint density at radius 2 is 1.61 bits per heavy atom. The molecule has 0 saturated carbocycles. The number of anilines is 1. The van der Waals surface area contributed by atoms with Crippen LogP contribution in [-0.4, -0.2) is 35.7 Å². The fraction of sp³-hybridized carbons (Fsp3) is 0.160. The number of alkyl carbamates (subject to hydrolysis) is 1. The summed E-state index contributed by atoms with van der Waals surface area (Å²) in [5.41, 5.74) is 4.01. The van der Waals surface area contributed by atoms with Gasteiger partial charge in [0, 0.05) is 11.6 Å². The molecule has 4 rings (SSSR count). The van der Waals surface area contributed by atoms with Gasteiger partial charge in [0.1, 0.15) is 18.5 Å². The number of carboxylic acid groups (broad SMARTS) is 1. The first kappa shape index (κ1) is 22.0. The van der Waals surface area contributed by atoms with Gasteiger partial charge in [-0.1, -0.05) is 48.5 Å². The Morgan fingerprint density at radius 1 is 1.00 bits per heavy atom. The second-order valence-corrected chi connectivity index (χ2v) is 7.71. The summed E-state index contributed by atoms with van der Waals surface area (Å²) in [4.78, 5) is 35.8. The SMILES string of the molecule is C[C@H](NC(=O)OCC1c2ccccc2-c2ccccc21)C(=O)Nc1cc(F)cc(C(=O)O)c1. The molecule has 168 valence electrons. The van der Waals surface area contributed by atoms with E-state index in [2.05, 4.69) is 10.6 Å². The molecule has 3 aromatic carbocycles. The lowest BCUT2D eigenvalue weighted by Gasteiger charge is -2.17. The van der Waals surface area contributed by atoms with Gasteiger partial charge in [-0.3, -0.25) is 4.79 Å². The normalized spacial score (nSPS) is 12.9. The first-order valence-electron chi connectivity index (χ1n) is 10.3. The number of carbonyl (C=O) groups excluding carboxylic acids is 2. The van der Waals surface area contributed by atoms with Gasteiger partial charge in [-0.2, -0.15) is 0 Å². The van der Waals surface area contributed by atoms with Crippen molar-refractivity contribution in [1.82, 2.24) is 5.32 Å². The van der Waals surface area contributed by atoms with Crippen LogP contribution in [0.1, 0.15) is 34.3 Å². The number of amides is 2. The monoisotopic (exact) mass is 448 g/mol. The summed E-state index contributed by atoms with van der Waals surface area (Å²) in [5, 5.41) is 13.8. The summed E-state index contributed by atoms with van der Waals surface area (Å²) in [6.07, 6.45) is -0.773. The Hall–Kier alpha value is -4.20. The van der Waals surface area contributed by atoms with Crippen molar-refractivity contribution in [3.63, 3.8) is 0 Å². The third kappa shape index (κ3) is 4.69. The Kier molecular flexibility index (Phi) is 6.08. The van der Waals surface area contributed by atoms with Gasteiger partial charge in [-0.25, -0.2) is 14.0 Å². The Labute approximate surface area is 189 Å². The number of aromatic carboxylic acids is 1. The number of benzene rings is 3. The molecule has 1 aliphatic rings. The van der Waals surface area contributed by atoms with Crippen LogP contribution in [0, 0.1) is 5.82 Å². The molecular weight excluding hydrogens is 427 g/mol. The van der Waals surface area contributed by atoms with Gasteiger partial charge in [-0.05, 0) is 47.4 Å². The Balaban J connectivity index is 1.37. The highest BCUT2D eigenvalue weighted by molar-refractivity contribution is 5.97. The predicted molar refractivity (Wildman–Crippen MR) is 120 cm³/mol. The van der Waals surface area contributed by atoms with Crippen LogP contribution in [0.2, 0.25) is 0 Å². The minimum absolute atomic E-state index is 0.0291. The molecule has 3 N–H and O–H groups in total. The second-order valence-electron chi connectivity index (χ2n) is 7.71. The van der Waals surface area contributed by atoms with E-state index in [0.29, 0.717) is 0 Å². The van der Waals surface area contributed by atoms with E-state index in [1.54, 1.807) is 0 Å². The zero-order valence-electron chi connectivity index (χ0n) is 17.7. The summed E-state index contributed by atoms with van der Waals surface area (Å²) in [6, 6.07) is 17.8. The third-order valence-corrected chi connectivity index (χ3v) is 5.48. The van der Waals surface area contributed by atoms with Crippen molar-refractivity contribution >= 4 is 23.7 Å². The van der Waals surface area contributed by atoms with Crippen LogP contribution in [-0.2, 0) is 9.53 Å². The molecule has 0 heterocycles. The minimum Gasteiger partial charge on any atom is -0.478 e. The highest BCUT2D eigenvalue weighted by Gasteiger charge is 2.29. The number of halogens is 1. The van der Waals surface area contributed by atoms with E-state index >= 15 is 0 Å². The molecule has 7 nitrogen and oxygen atoms in total. The zero-order chi connectivity index (χ0) is 23.5. The van der Waals surface area contributed by atoms with Crippen molar-refractivity contribution in [1.29, 1.82) is 0 Å². The van der Waals surface area contributed by atoms with Crippen molar-refractivity contribution in [3.8, 4) is 11.1 Å². The van der Waals surface area contributed by atoms with E-state index in [1.165, 1.54) is 6.92 Å². The van der Waals surface area contributed by atoms with E-state index in [1.807, 2.05) is 48.5 Å². The minimum atomic E-state index is -1.32. The molecule has 33 heavy (non-hydrogen) atoms. The van der Waals surface area contributed by atoms with Gasteiger partial charge in [-0.15, -0.1) is 0 Å². The largest absolute Gasteiger partial charge is 0.478 e. The van der Waals surface area contributed by atoms with Gasteiger partial charge in [0.15, 0.2) is 0 Å². The molecular formula is C25H21FN2O5. The fourth-order valence-electron chi connectivity index (χ4n) is 3.92. The summed E-state index contributed by atoms with van der Waals surface area (Å²) in [6.45, 7) is 1.54. The number of carbonyl (C=O) groups is 3. The molecule has 0 fully saturated rings. The third-order valence-electron chi connectivity index (χ3n) is 5.48. The number of ether oxygens (including phenoxy) is 1. The van der Waals surface area contributed by atoms with Crippen LogP contribution in [0.15, 0.2) is 66.7 Å². The van der Waals surface area contributed by atoms with E-state index in [4.69, 9.17) is 9.84 Å². The molecule has 0 aromatic heterocycles. The molecule has 8 heteroatoms. The predicted octanol–water partition coefficient (Wildman–Crippen LogP) is 4.39. The topological polar surface area (TPSA) is 105 Å². The lowest BCUT2D eigenvalue weighted by atomic mass is 9.98. The van der Waals surface area contributed by atoms with Crippen LogP contribution in [0.5, 0.6) is 0 Å². The Morgan fingerprint density at radius 3 is 2.21 bits per heavy atom.